The number of nitrogens with one attached hydrogen (secondary N) is 1. The Hall–Kier alpha value is -1.81. The molecule has 0 atom stereocenters. The Morgan fingerprint density at radius 2 is 2.06 bits per heavy atom. The molecule has 0 aliphatic carbocycles. The molecule has 17 heavy (non-hydrogen) atoms. The summed E-state index contributed by atoms with van der Waals surface area (Å²) in [6, 6.07) is 7.22. The predicted molar refractivity (Wildman–Crippen MR) is 67.4 cm³/mol. The van der Waals surface area contributed by atoms with Crippen LogP contribution in [0.4, 0.5) is 5.69 Å². The van der Waals surface area contributed by atoms with Crippen LogP contribution in [0.15, 0.2) is 36.7 Å². The highest BCUT2D eigenvalue weighted by Gasteiger charge is 2.02. The van der Waals surface area contributed by atoms with Crippen molar-refractivity contribution in [2.24, 2.45) is 0 Å². The van der Waals surface area contributed by atoms with Crippen molar-refractivity contribution in [1.29, 1.82) is 0 Å². The molecule has 0 fully saturated rings. The van der Waals surface area contributed by atoms with Crippen molar-refractivity contribution < 1.29 is 4.74 Å². The maximum absolute atomic E-state index is 6.06. The van der Waals surface area contributed by atoms with E-state index in [0.717, 1.165) is 11.4 Å². The van der Waals surface area contributed by atoms with E-state index in [9.17, 15) is 0 Å². The zero-order valence-corrected chi connectivity index (χ0v) is 10.1. The molecule has 0 amide bonds. The third-order valence-corrected chi connectivity index (χ3v) is 2.56. The fourth-order valence-corrected chi connectivity index (χ4v) is 1.55. The Morgan fingerprint density at radius 1 is 1.29 bits per heavy atom. The van der Waals surface area contributed by atoms with Gasteiger partial charge in [0.1, 0.15) is 11.6 Å². The van der Waals surface area contributed by atoms with E-state index in [1.807, 2.05) is 12.1 Å². The van der Waals surface area contributed by atoms with Gasteiger partial charge in [-0.25, -0.2) is 9.97 Å². The third-order valence-electron chi connectivity index (χ3n) is 2.23. The summed E-state index contributed by atoms with van der Waals surface area (Å²) in [5.74, 6) is 1.47. The molecule has 0 unspecified atom stereocenters. The Bertz CT molecular complexity index is 490. The lowest BCUT2D eigenvalue weighted by Gasteiger charge is -2.09. The van der Waals surface area contributed by atoms with Crippen LogP contribution < -0.4 is 10.1 Å². The normalized spacial score (nSPS) is 10.0. The number of halogens is 1. The monoisotopic (exact) mass is 249 g/mol. The number of benzene rings is 1. The minimum absolute atomic E-state index is 0.522. The second-order valence-corrected chi connectivity index (χ2v) is 3.77. The van der Waals surface area contributed by atoms with E-state index >= 15 is 0 Å². The van der Waals surface area contributed by atoms with Crippen LogP contribution in [0, 0.1) is 0 Å². The van der Waals surface area contributed by atoms with Gasteiger partial charge in [0.25, 0.3) is 0 Å². The van der Waals surface area contributed by atoms with Gasteiger partial charge in [-0.1, -0.05) is 11.6 Å². The smallest absolute Gasteiger partial charge is 0.147 e. The van der Waals surface area contributed by atoms with Crippen molar-refractivity contribution in [2.45, 2.75) is 6.54 Å². The number of anilines is 1. The van der Waals surface area contributed by atoms with Crippen molar-refractivity contribution >= 4 is 17.3 Å². The van der Waals surface area contributed by atoms with Gasteiger partial charge in [0.15, 0.2) is 0 Å². The SMILES string of the molecule is COc1ccc(Cl)c(NCc2ncccn2)c1. The Morgan fingerprint density at radius 3 is 2.76 bits per heavy atom. The lowest BCUT2D eigenvalue weighted by molar-refractivity contribution is 0.415. The second kappa shape index (κ2) is 5.50. The number of rotatable bonds is 4. The van der Waals surface area contributed by atoms with Gasteiger partial charge in [-0.15, -0.1) is 0 Å². The van der Waals surface area contributed by atoms with E-state index in [-0.39, 0.29) is 0 Å². The summed E-state index contributed by atoms with van der Waals surface area (Å²) < 4.78 is 5.13. The molecule has 5 heteroatoms. The van der Waals surface area contributed by atoms with Gasteiger partial charge in [0, 0.05) is 18.5 Å². The van der Waals surface area contributed by atoms with Gasteiger partial charge in [-0.2, -0.15) is 0 Å². The zero-order chi connectivity index (χ0) is 12.1. The van der Waals surface area contributed by atoms with E-state index in [2.05, 4.69) is 15.3 Å². The van der Waals surface area contributed by atoms with Crippen LogP contribution in [0.5, 0.6) is 5.75 Å². The standard InChI is InChI=1S/C12H12ClN3O/c1-17-9-3-4-10(13)11(7-9)16-8-12-14-5-2-6-15-12/h2-7,16H,8H2,1H3. The average molecular weight is 250 g/mol. The van der Waals surface area contributed by atoms with Crippen molar-refractivity contribution in [1.82, 2.24) is 9.97 Å². The maximum Gasteiger partial charge on any atom is 0.147 e. The maximum atomic E-state index is 6.06. The Balaban J connectivity index is 2.08. The van der Waals surface area contributed by atoms with Crippen LogP contribution >= 0.6 is 11.6 Å². The summed E-state index contributed by atoms with van der Waals surface area (Å²) in [4.78, 5) is 8.24. The van der Waals surface area contributed by atoms with E-state index in [0.29, 0.717) is 17.4 Å². The molecule has 2 rings (SSSR count). The first-order valence-electron chi connectivity index (χ1n) is 5.13. The fraction of sp³-hybridized carbons (Fsp3) is 0.167. The summed E-state index contributed by atoms with van der Waals surface area (Å²) in [6.45, 7) is 0.522. The number of methoxy groups -OCH3 is 1. The lowest BCUT2D eigenvalue weighted by atomic mass is 10.3. The zero-order valence-electron chi connectivity index (χ0n) is 9.35. The first kappa shape index (κ1) is 11.7. The average Bonchev–Trinajstić information content (AvgIpc) is 2.39. The van der Waals surface area contributed by atoms with Crippen LogP contribution in [-0.4, -0.2) is 17.1 Å². The number of ether oxygens (including phenoxy) is 1. The molecule has 1 heterocycles. The molecule has 0 saturated carbocycles. The summed E-state index contributed by atoms with van der Waals surface area (Å²) in [7, 11) is 1.62. The quantitative estimate of drug-likeness (QED) is 0.905. The van der Waals surface area contributed by atoms with Crippen molar-refractivity contribution in [2.75, 3.05) is 12.4 Å². The Labute approximate surface area is 105 Å². The molecule has 0 bridgehead atoms. The van der Waals surface area contributed by atoms with Crippen molar-refractivity contribution in [3.8, 4) is 5.75 Å². The number of aromatic nitrogens is 2. The van der Waals surface area contributed by atoms with Crippen LogP contribution in [0.25, 0.3) is 0 Å². The second-order valence-electron chi connectivity index (χ2n) is 3.36. The summed E-state index contributed by atoms with van der Waals surface area (Å²) >= 11 is 6.06. The van der Waals surface area contributed by atoms with Gasteiger partial charge in [-0.05, 0) is 18.2 Å². The first-order chi connectivity index (χ1) is 8.29. The molecule has 0 radical (unpaired) electrons. The summed E-state index contributed by atoms with van der Waals surface area (Å²) in [6.07, 6.45) is 3.41. The number of hydrogen-bond acceptors (Lipinski definition) is 4. The highest BCUT2D eigenvalue weighted by atomic mass is 35.5. The lowest BCUT2D eigenvalue weighted by Crippen LogP contribution is -2.04. The van der Waals surface area contributed by atoms with Crippen LogP contribution in [-0.2, 0) is 6.54 Å². The summed E-state index contributed by atoms with van der Waals surface area (Å²) in [5, 5.41) is 3.81. The minimum atomic E-state index is 0.522. The molecule has 4 nitrogen and oxygen atoms in total. The van der Waals surface area contributed by atoms with E-state index in [1.165, 1.54) is 0 Å². The predicted octanol–water partition coefficient (Wildman–Crippen LogP) is 2.75. The molecule has 0 spiro atoms. The Kier molecular flexibility index (Phi) is 3.77. The van der Waals surface area contributed by atoms with Gasteiger partial charge < -0.3 is 10.1 Å². The number of nitrogens with zero attached hydrogens (tertiary/aromatic N) is 2. The van der Waals surface area contributed by atoms with E-state index in [4.69, 9.17) is 16.3 Å². The molecule has 2 aromatic rings. The highest BCUT2D eigenvalue weighted by Crippen LogP contribution is 2.26. The highest BCUT2D eigenvalue weighted by molar-refractivity contribution is 6.33. The summed E-state index contributed by atoms with van der Waals surface area (Å²) in [5.41, 5.74) is 0.804. The van der Waals surface area contributed by atoms with Gasteiger partial charge in [-0.3, -0.25) is 0 Å². The van der Waals surface area contributed by atoms with Gasteiger partial charge in [0.05, 0.1) is 24.4 Å². The van der Waals surface area contributed by atoms with Crippen LogP contribution in [0.3, 0.4) is 0 Å². The van der Waals surface area contributed by atoms with Gasteiger partial charge >= 0.3 is 0 Å². The molecular weight excluding hydrogens is 238 g/mol. The van der Waals surface area contributed by atoms with Crippen LogP contribution in [0.2, 0.25) is 5.02 Å². The van der Waals surface area contributed by atoms with Crippen molar-refractivity contribution in [3.63, 3.8) is 0 Å². The van der Waals surface area contributed by atoms with Crippen molar-refractivity contribution in [3.05, 3.63) is 47.5 Å². The van der Waals surface area contributed by atoms with E-state index in [1.54, 1.807) is 31.6 Å². The topological polar surface area (TPSA) is 47.0 Å². The molecule has 0 aliphatic heterocycles. The molecule has 0 saturated heterocycles. The number of hydrogen-bond donors (Lipinski definition) is 1. The molecule has 1 aromatic carbocycles. The molecular formula is C12H12ClN3O. The van der Waals surface area contributed by atoms with Gasteiger partial charge in [0.2, 0.25) is 0 Å². The first-order valence-corrected chi connectivity index (χ1v) is 5.50. The largest absolute Gasteiger partial charge is 0.497 e. The minimum Gasteiger partial charge on any atom is -0.497 e. The molecule has 0 aliphatic rings. The molecule has 1 N–H and O–H groups in total. The van der Waals surface area contributed by atoms with E-state index < -0.39 is 0 Å². The third kappa shape index (κ3) is 3.07. The fourth-order valence-electron chi connectivity index (χ4n) is 1.36. The molecule has 1 aromatic heterocycles. The molecule has 88 valence electrons. The van der Waals surface area contributed by atoms with Crippen LogP contribution in [0.1, 0.15) is 5.82 Å².